The smallest absolute Gasteiger partial charge is 0.280 e. The molecule has 1 atom stereocenters. The molecule has 0 spiro atoms. The zero-order valence-electron chi connectivity index (χ0n) is 15.1. The molecule has 0 radical (unpaired) electrons. The number of piperazine rings is 1. The standard InChI is InChI=1S/C18H29N3O2/c1-14-6-7-17(23-5)16(12-14)13-20-8-10-21(11-9-20)15(2)18(22)19(3)4/h6-7,12,15H,8-11,13H2,1-5H3/p+2/t15-/m0/s1. The van der Waals surface area contributed by atoms with Crippen LogP contribution in [0, 0.1) is 6.92 Å². The maximum absolute atomic E-state index is 12.1. The maximum atomic E-state index is 12.1. The summed E-state index contributed by atoms with van der Waals surface area (Å²) >= 11 is 0. The van der Waals surface area contributed by atoms with Gasteiger partial charge in [0.25, 0.3) is 5.91 Å². The minimum atomic E-state index is 0.0556. The Labute approximate surface area is 139 Å². The number of hydrogen-bond acceptors (Lipinski definition) is 2. The fourth-order valence-electron chi connectivity index (χ4n) is 3.41. The van der Waals surface area contributed by atoms with E-state index in [0.29, 0.717) is 0 Å². The number of likely N-dealkylation sites (N-methyl/N-ethyl adjacent to an activating group) is 1. The molecular formula is C18H31N3O2+2. The van der Waals surface area contributed by atoms with Crippen LogP contribution in [0.4, 0.5) is 0 Å². The highest BCUT2D eigenvalue weighted by Crippen LogP contribution is 2.18. The number of amides is 1. The van der Waals surface area contributed by atoms with E-state index < -0.39 is 0 Å². The van der Waals surface area contributed by atoms with E-state index in [-0.39, 0.29) is 11.9 Å². The second kappa shape index (κ2) is 7.79. The summed E-state index contributed by atoms with van der Waals surface area (Å²) in [5.41, 5.74) is 2.55. The van der Waals surface area contributed by atoms with E-state index in [0.717, 1.165) is 38.5 Å². The molecule has 5 heteroatoms. The fourth-order valence-corrected chi connectivity index (χ4v) is 3.41. The third kappa shape index (κ3) is 4.45. The lowest BCUT2D eigenvalue weighted by Gasteiger charge is -2.33. The van der Waals surface area contributed by atoms with Gasteiger partial charge in [0.15, 0.2) is 6.04 Å². The van der Waals surface area contributed by atoms with Crippen LogP contribution in [0.1, 0.15) is 18.1 Å². The van der Waals surface area contributed by atoms with Crippen molar-refractivity contribution in [2.75, 3.05) is 47.4 Å². The highest BCUT2D eigenvalue weighted by atomic mass is 16.5. The summed E-state index contributed by atoms with van der Waals surface area (Å²) in [7, 11) is 5.41. The summed E-state index contributed by atoms with van der Waals surface area (Å²) in [5, 5.41) is 0. The van der Waals surface area contributed by atoms with E-state index in [2.05, 4.69) is 25.1 Å². The quantitative estimate of drug-likeness (QED) is 0.712. The maximum Gasteiger partial charge on any atom is 0.280 e. The average Bonchev–Trinajstić information content (AvgIpc) is 2.54. The number of aryl methyl sites for hydroxylation is 1. The third-order valence-electron chi connectivity index (χ3n) is 4.90. The van der Waals surface area contributed by atoms with E-state index in [1.165, 1.54) is 16.0 Å². The van der Waals surface area contributed by atoms with Crippen LogP contribution in [0.2, 0.25) is 0 Å². The molecule has 0 bridgehead atoms. The first-order valence-corrected chi connectivity index (χ1v) is 8.45. The zero-order chi connectivity index (χ0) is 17.0. The Morgan fingerprint density at radius 3 is 2.48 bits per heavy atom. The number of benzene rings is 1. The SMILES string of the molecule is COc1ccc(C)cc1C[NH+]1CC[NH+]([C@@H](C)C(=O)N(C)C)CC1. The molecular weight excluding hydrogens is 290 g/mol. The van der Waals surface area contributed by atoms with Gasteiger partial charge in [-0.25, -0.2) is 0 Å². The first kappa shape index (κ1) is 17.8. The largest absolute Gasteiger partial charge is 0.496 e. The van der Waals surface area contributed by atoms with Gasteiger partial charge in [-0.2, -0.15) is 0 Å². The number of nitrogens with zero attached hydrogens (tertiary/aromatic N) is 1. The van der Waals surface area contributed by atoms with Gasteiger partial charge in [-0.1, -0.05) is 11.6 Å². The molecule has 23 heavy (non-hydrogen) atoms. The Hall–Kier alpha value is -1.59. The van der Waals surface area contributed by atoms with E-state index in [1.54, 1.807) is 16.9 Å². The van der Waals surface area contributed by atoms with Crippen molar-refractivity contribution in [3.8, 4) is 5.75 Å². The van der Waals surface area contributed by atoms with Crippen molar-refractivity contribution >= 4 is 5.91 Å². The van der Waals surface area contributed by atoms with E-state index >= 15 is 0 Å². The molecule has 0 unspecified atom stereocenters. The zero-order valence-corrected chi connectivity index (χ0v) is 15.1. The van der Waals surface area contributed by atoms with Crippen molar-refractivity contribution < 1.29 is 19.3 Å². The van der Waals surface area contributed by atoms with Gasteiger partial charge in [0.05, 0.1) is 7.11 Å². The monoisotopic (exact) mass is 321 g/mol. The molecule has 1 saturated heterocycles. The lowest BCUT2D eigenvalue weighted by molar-refractivity contribution is -1.02. The molecule has 1 heterocycles. The lowest BCUT2D eigenvalue weighted by atomic mass is 10.1. The molecule has 1 fully saturated rings. The number of rotatable bonds is 5. The van der Waals surface area contributed by atoms with Crippen molar-refractivity contribution in [2.24, 2.45) is 0 Å². The number of quaternary nitrogens is 2. The van der Waals surface area contributed by atoms with Crippen molar-refractivity contribution in [2.45, 2.75) is 26.4 Å². The fraction of sp³-hybridized carbons (Fsp3) is 0.611. The Kier molecular flexibility index (Phi) is 6.02. The Morgan fingerprint density at radius 1 is 1.26 bits per heavy atom. The molecule has 1 aromatic rings. The van der Waals surface area contributed by atoms with Gasteiger partial charge in [-0.15, -0.1) is 0 Å². The summed E-state index contributed by atoms with van der Waals surface area (Å²) in [4.78, 5) is 16.8. The van der Waals surface area contributed by atoms with Crippen molar-refractivity contribution in [1.29, 1.82) is 0 Å². The number of methoxy groups -OCH3 is 1. The topological polar surface area (TPSA) is 38.4 Å². The highest BCUT2D eigenvalue weighted by Gasteiger charge is 2.32. The number of hydrogen-bond donors (Lipinski definition) is 2. The van der Waals surface area contributed by atoms with Crippen molar-refractivity contribution in [3.05, 3.63) is 29.3 Å². The first-order valence-electron chi connectivity index (χ1n) is 8.45. The van der Waals surface area contributed by atoms with Crippen LogP contribution < -0.4 is 14.5 Å². The second-order valence-electron chi connectivity index (χ2n) is 6.85. The van der Waals surface area contributed by atoms with Gasteiger partial charge in [0.2, 0.25) is 0 Å². The molecule has 1 aromatic carbocycles. The Bertz CT molecular complexity index is 537. The van der Waals surface area contributed by atoms with Crippen LogP contribution in [-0.4, -0.2) is 64.2 Å². The molecule has 2 rings (SSSR count). The van der Waals surface area contributed by atoms with Crippen LogP contribution in [0.25, 0.3) is 0 Å². The van der Waals surface area contributed by atoms with Crippen LogP contribution in [0.5, 0.6) is 5.75 Å². The Balaban J connectivity index is 1.92. The van der Waals surface area contributed by atoms with Gasteiger partial charge in [0.1, 0.15) is 38.5 Å². The summed E-state index contributed by atoms with van der Waals surface area (Å²) in [6, 6.07) is 6.43. The predicted molar refractivity (Wildman–Crippen MR) is 91.0 cm³/mol. The summed E-state index contributed by atoms with van der Waals surface area (Å²) in [6.07, 6.45) is 0. The molecule has 1 aliphatic rings. The van der Waals surface area contributed by atoms with E-state index in [4.69, 9.17) is 4.74 Å². The molecule has 1 aliphatic heterocycles. The second-order valence-corrected chi connectivity index (χ2v) is 6.85. The summed E-state index contributed by atoms with van der Waals surface area (Å²) < 4.78 is 5.49. The van der Waals surface area contributed by atoms with Gasteiger partial charge in [-0.3, -0.25) is 4.79 Å². The first-order chi connectivity index (χ1) is 10.9. The molecule has 1 amide bonds. The van der Waals surface area contributed by atoms with Crippen LogP contribution >= 0.6 is 0 Å². The number of carbonyl (C=O) groups is 1. The minimum Gasteiger partial charge on any atom is -0.496 e. The predicted octanol–water partition coefficient (Wildman–Crippen LogP) is -1.24. The van der Waals surface area contributed by atoms with E-state index in [9.17, 15) is 4.79 Å². The van der Waals surface area contributed by atoms with Crippen LogP contribution in [0.3, 0.4) is 0 Å². The molecule has 128 valence electrons. The Morgan fingerprint density at radius 2 is 1.91 bits per heavy atom. The van der Waals surface area contributed by atoms with Gasteiger partial charge >= 0.3 is 0 Å². The number of carbonyl (C=O) groups excluding carboxylic acids is 1. The molecule has 0 saturated carbocycles. The number of nitrogens with one attached hydrogen (secondary N) is 2. The normalized spacial score (nSPS) is 22.5. The lowest BCUT2D eigenvalue weighted by Crippen LogP contribution is -3.29. The molecule has 0 aliphatic carbocycles. The third-order valence-corrected chi connectivity index (χ3v) is 4.90. The van der Waals surface area contributed by atoms with E-state index in [1.807, 2.05) is 21.0 Å². The molecule has 2 N–H and O–H groups in total. The molecule has 0 aromatic heterocycles. The van der Waals surface area contributed by atoms with Gasteiger partial charge < -0.3 is 19.4 Å². The summed E-state index contributed by atoms with van der Waals surface area (Å²) in [6.45, 7) is 9.44. The van der Waals surface area contributed by atoms with Crippen LogP contribution in [-0.2, 0) is 11.3 Å². The average molecular weight is 321 g/mol. The van der Waals surface area contributed by atoms with Crippen LogP contribution in [0.15, 0.2) is 18.2 Å². The molecule has 5 nitrogen and oxygen atoms in total. The van der Waals surface area contributed by atoms with Gasteiger partial charge in [0, 0.05) is 19.7 Å². The van der Waals surface area contributed by atoms with Gasteiger partial charge in [-0.05, 0) is 26.0 Å². The van der Waals surface area contributed by atoms with Crippen molar-refractivity contribution in [3.63, 3.8) is 0 Å². The number of ether oxygens (including phenoxy) is 1. The highest BCUT2D eigenvalue weighted by molar-refractivity contribution is 5.79. The van der Waals surface area contributed by atoms with Crippen molar-refractivity contribution in [1.82, 2.24) is 4.90 Å². The minimum absolute atomic E-state index is 0.0556. The summed E-state index contributed by atoms with van der Waals surface area (Å²) in [5.74, 6) is 1.21.